The molecule has 0 atom stereocenters. The van der Waals surface area contributed by atoms with E-state index in [-0.39, 0.29) is 5.41 Å². The van der Waals surface area contributed by atoms with Crippen molar-refractivity contribution in [3.05, 3.63) is 43.7 Å². The largest absolute Gasteiger partial charge is 0.482 e. The first kappa shape index (κ1) is 11.4. The molecular weight excluding hydrogens is 234 g/mol. The lowest BCUT2D eigenvalue weighted by Gasteiger charge is -2.46. The van der Waals surface area contributed by atoms with E-state index in [4.69, 9.17) is 0 Å². The molecule has 19 heavy (non-hydrogen) atoms. The molecule has 3 heterocycles. The van der Waals surface area contributed by atoms with E-state index in [9.17, 15) is 0 Å². The molecule has 1 spiro atoms. The number of hydrogen-bond acceptors (Lipinski definition) is 2. The number of rotatable bonds is 0. The summed E-state index contributed by atoms with van der Waals surface area (Å²) < 4.78 is 2.08. The maximum absolute atomic E-state index is 4.66. The van der Waals surface area contributed by atoms with Crippen LogP contribution in [0.15, 0.2) is 18.3 Å². The summed E-state index contributed by atoms with van der Waals surface area (Å²) in [6.07, 6.45) is 7.08. The standard InChI is InChI=1S/C16H19N3/c1-18-10-13-14(16(11-18)7-3-4-8-16)15-12(19(13)2)6-5-9-17-15/h5-6,9H,1-4,7-8,10-11H2/q-2. The van der Waals surface area contributed by atoms with Crippen LogP contribution in [-0.4, -0.2) is 21.0 Å². The molecule has 0 unspecified atom stereocenters. The van der Waals surface area contributed by atoms with Crippen LogP contribution in [0.25, 0.3) is 11.0 Å². The fourth-order valence-corrected chi connectivity index (χ4v) is 4.18. The fourth-order valence-electron chi connectivity index (χ4n) is 4.18. The zero-order valence-electron chi connectivity index (χ0n) is 11.2. The maximum Gasteiger partial charge on any atom is 0.0253 e. The van der Waals surface area contributed by atoms with Gasteiger partial charge in [0, 0.05) is 11.7 Å². The minimum absolute atomic E-state index is 0.269. The van der Waals surface area contributed by atoms with Gasteiger partial charge in [0.15, 0.2) is 0 Å². The lowest BCUT2D eigenvalue weighted by molar-refractivity contribution is 0.231. The third-order valence-electron chi connectivity index (χ3n) is 4.92. The topological polar surface area (TPSA) is 21.1 Å². The Morgan fingerprint density at radius 2 is 2.00 bits per heavy atom. The Morgan fingerprint density at radius 3 is 2.79 bits per heavy atom. The first-order valence-electron chi connectivity index (χ1n) is 7.06. The summed E-state index contributed by atoms with van der Waals surface area (Å²) >= 11 is 0. The quantitative estimate of drug-likeness (QED) is 0.673. The van der Waals surface area contributed by atoms with Crippen LogP contribution in [0.5, 0.6) is 0 Å². The van der Waals surface area contributed by atoms with Crippen molar-refractivity contribution < 1.29 is 0 Å². The summed E-state index contributed by atoms with van der Waals surface area (Å²) in [5.74, 6) is 0. The Balaban J connectivity index is 2.06. The van der Waals surface area contributed by atoms with E-state index in [2.05, 4.69) is 34.6 Å². The van der Waals surface area contributed by atoms with Crippen LogP contribution >= 0.6 is 0 Å². The summed E-state index contributed by atoms with van der Waals surface area (Å²) in [6.45, 7) is 1.95. The smallest absolute Gasteiger partial charge is 0.0253 e. The van der Waals surface area contributed by atoms with Crippen molar-refractivity contribution in [2.24, 2.45) is 0 Å². The summed E-state index contributed by atoms with van der Waals surface area (Å²) in [6, 6.07) is 4.13. The van der Waals surface area contributed by atoms with E-state index in [0.29, 0.717) is 0 Å². The van der Waals surface area contributed by atoms with Crippen LogP contribution < -0.4 is 0 Å². The van der Waals surface area contributed by atoms with Gasteiger partial charge in [-0.3, -0.25) is 12.0 Å². The van der Waals surface area contributed by atoms with Crippen molar-refractivity contribution in [3.8, 4) is 0 Å². The molecule has 1 aliphatic heterocycles. The number of aromatic nitrogens is 2. The van der Waals surface area contributed by atoms with E-state index in [0.717, 1.165) is 18.6 Å². The average molecular weight is 253 g/mol. The van der Waals surface area contributed by atoms with Crippen LogP contribution in [0.2, 0.25) is 0 Å². The molecule has 0 saturated heterocycles. The molecule has 0 aromatic carbocycles. The van der Waals surface area contributed by atoms with E-state index in [1.54, 1.807) is 0 Å². The third kappa shape index (κ3) is 1.42. The second-order valence-corrected chi connectivity index (χ2v) is 6.10. The highest BCUT2D eigenvalue weighted by atomic mass is 15.1. The molecule has 100 valence electrons. The summed E-state index contributed by atoms with van der Waals surface area (Å²) in [7, 11) is 8.43. The highest BCUT2D eigenvalue weighted by Crippen LogP contribution is 2.48. The van der Waals surface area contributed by atoms with Crippen molar-refractivity contribution in [1.82, 2.24) is 14.5 Å². The Hall–Kier alpha value is -1.48. The van der Waals surface area contributed by atoms with Crippen molar-refractivity contribution in [2.45, 2.75) is 37.6 Å². The number of pyridine rings is 1. The third-order valence-corrected chi connectivity index (χ3v) is 4.92. The number of nitrogens with zero attached hydrogens (tertiary/aromatic N) is 3. The Morgan fingerprint density at radius 1 is 1.21 bits per heavy atom. The fraction of sp³-hybridized carbons (Fsp3) is 0.438. The molecule has 3 nitrogen and oxygen atoms in total. The average Bonchev–Trinajstić information content (AvgIpc) is 2.96. The summed E-state index contributed by atoms with van der Waals surface area (Å²) in [5.41, 5.74) is 5.38. The number of hydrogen-bond donors (Lipinski definition) is 0. The van der Waals surface area contributed by atoms with Crippen LogP contribution in [0.3, 0.4) is 0 Å². The van der Waals surface area contributed by atoms with Crippen LogP contribution in [0, 0.1) is 14.1 Å². The molecule has 0 amide bonds. The molecule has 0 N–H and O–H groups in total. The van der Waals surface area contributed by atoms with Crippen molar-refractivity contribution in [1.29, 1.82) is 0 Å². The predicted octanol–water partition coefficient (Wildman–Crippen LogP) is 3.09. The Labute approximate surface area is 114 Å². The molecule has 2 aromatic heterocycles. The van der Waals surface area contributed by atoms with Gasteiger partial charge in [-0.05, 0) is 36.9 Å². The van der Waals surface area contributed by atoms with Gasteiger partial charge in [-0.15, -0.1) is 7.05 Å². The number of fused-ring (bicyclic) bond motifs is 4. The van der Waals surface area contributed by atoms with Gasteiger partial charge in [-0.25, -0.2) is 0 Å². The van der Waals surface area contributed by atoms with E-state index in [1.807, 2.05) is 12.3 Å². The van der Waals surface area contributed by atoms with Crippen LogP contribution in [-0.2, 0) is 12.0 Å². The molecule has 1 fully saturated rings. The molecule has 1 saturated carbocycles. The lowest BCUT2D eigenvalue weighted by atomic mass is 9.75. The normalized spacial score (nSPS) is 22.2. The van der Waals surface area contributed by atoms with Crippen LogP contribution in [0.4, 0.5) is 0 Å². The molecule has 4 rings (SSSR count). The first-order valence-corrected chi connectivity index (χ1v) is 7.06. The van der Waals surface area contributed by atoms with E-state index < -0.39 is 0 Å². The molecule has 0 radical (unpaired) electrons. The summed E-state index contributed by atoms with van der Waals surface area (Å²) in [4.78, 5) is 6.86. The molecule has 2 aromatic rings. The molecule has 0 bridgehead atoms. The molecular formula is C16H19N3-2. The van der Waals surface area contributed by atoms with Gasteiger partial charge in [-0.2, -0.15) is 0 Å². The van der Waals surface area contributed by atoms with E-state index >= 15 is 0 Å². The maximum atomic E-state index is 4.66. The lowest BCUT2D eigenvalue weighted by Crippen LogP contribution is -2.41. The minimum atomic E-state index is 0.269. The molecule has 2 aliphatic rings. The van der Waals surface area contributed by atoms with Gasteiger partial charge in [0.2, 0.25) is 0 Å². The first-order chi connectivity index (χ1) is 9.21. The van der Waals surface area contributed by atoms with Gasteiger partial charge >= 0.3 is 0 Å². The Bertz CT molecular complexity index is 635. The van der Waals surface area contributed by atoms with Crippen molar-refractivity contribution >= 4 is 11.0 Å². The van der Waals surface area contributed by atoms with Gasteiger partial charge in [-0.1, -0.05) is 36.2 Å². The van der Waals surface area contributed by atoms with Gasteiger partial charge in [0.25, 0.3) is 0 Å². The second-order valence-electron chi connectivity index (χ2n) is 6.10. The SMILES string of the molecule is [CH2-]N1Cc2c(c3ncccc3n2[CH2-])C2(CCCC2)C1. The second kappa shape index (κ2) is 3.76. The van der Waals surface area contributed by atoms with Gasteiger partial charge in [0.1, 0.15) is 0 Å². The van der Waals surface area contributed by atoms with Crippen LogP contribution in [0.1, 0.15) is 36.9 Å². The molecule has 3 heteroatoms. The minimum Gasteiger partial charge on any atom is -0.482 e. The van der Waals surface area contributed by atoms with Crippen molar-refractivity contribution in [3.63, 3.8) is 0 Å². The Kier molecular flexibility index (Phi) is 2.25. The van der Waals surface area contributed by atoms with E-state index in [1.165, 1.54) is 42.5 Å². The predicted molar refractivity (Wildman–Crippen MR) is 76.4 cm³/mol. The zero-order valence-corrected chi connectivity index (χ0v) is 11.2. The highest BCUT2D eigenvalue weighted by Gasteiger charge is 2.39. The van der Waals surface area contributed by atoms with Crippen molar-refractivity contribution in [2.75, 3.05) is 6.54 Å². The molecule has 1 aliphatic carbocycles. The highest BCUT2D eigenvalue weighted by molar-refractivity contribution is 5.83. The van der Waals surface area contributed by atoms with Gasteiger partial charge in [0.05, 0.1) is 0 Å². The zero-order chi connectivity index (χ0) is 13.0. The summed E-state index contributed by atoms with van der Waals surface area (Å²) in [5, 5.41) is 0. The van der Waals surface area contributed by atoms with Gasteiger partial charge < -0.3 is 9.47 Å². The monoisotopic (exact) mass is 253 g/mol.